The number of benzene rings is 2. The number of hydrogen-bond acceptors (Lipinski definition) is 10. The molecule has 1 heterocycles. The van der Waals surface area contributed by atoms with Gasteiger partial charge in [0.15, 0.2) is 6.61 Å². The number of nitro groups is 1. The number of esters is 1. The van der Waals surface area contributed by atoms with E-state index in [0.29, 0.717) is 11.3 Å². The van der Waals surface area contributed by atoms with E-state index in [-0.39, 0.29) is 35.3 Å². The van der Waals surface area contributed by atoms with Crippen LogP contribution in [0, 0.1) is 10.1 Å². The van der Waals surface area contributed by atoms with E-state index < -0.39 is 27.0 Å². The highest BCUT2D eigenvalue weighted by molar-refractivity contribution is 7.98. The number of rotatable bonds is 11. The first kappa shape index (κ1) is 24.4. The summed E-state index contributed by atoms with van der Waals surface area (Å²) in [6.45, 7) is -0.359. The minimum absolute atomic E-state index is 0.00811. The Morgan fingerprint density at radius 1 is 1.21 bits per heavy atom. The molecule has 0 saturated heterocycles. The lowest BCUT2D eigenvalue weighted by molar-refractivity contribution is -0.384. The molecule has 0 radical (unpaired) electrons. The maximum absolute atomic E-state index is 12.6. The molecule has 33 heavy (non-hydrogen) atoms. The lowest BCUT2D eigenvalue weighted by atomic mass is 10.2. The average Bonchev–Trinajstić information content (AvgIpc) is 3.30. The zero-order valence-corrected chi connectivity index (χ0v) is 19.0. The van der Waals surface area contributed by atoms with Gasteiger partial charge in [0.05, 0.1) is 9.82 Å². The molecule has 1 N–H and O–H groups in total. The summed E-state index contributed by atoms with van der Waals surface area (Å²) in [4.78, 5) is 27.0. The Bertz CT molecular complexity index is 1200. The van der Waals surface area contributed by atoms with Crippen LogP contribution in [-0.4, -0.2) is 47.5 Å². The van der Waals surface area contributed by atoms with Crippen LogP contribution >= 0.6 is 11.8 Å². The quantitative estimate of drug-likeness (QED) is 0.240. The van der Waals surface area contributed by atoms with Crippen LogP contribution in [0.25, 0.3) is 11.4 Å². The first-order valence-electron chi connectivity index (χ1n) is 9.60. The van der Waals surface area contributed by atoms with Crippen molar-refractivity contribution in [2.75, 3.05) is 12.0 Å². The molecule has 0 aliphatic rings. The Kier molecular flexibility index (Phi) is 8.14. The summed E-state index contributed by atoms with van der Waals surface area (Å²) < 4.78 is 37.9. The van der Waals surface area contributed by atoms with Crippen LogP contribution in [0.15, 0.2) is 64.0 Å². The second-order valence-electron chi connectivity index (χ2n) is 6.69. The molecule has 1 aromatic heterocycles. The van der Waals surface area contributed by atoms with Crippen molar-refractivity contribution in [1.82, 2.24) is 14.9 Å². The minimum Gasteiger partial charge on any atom is -0.454 e. The highest BCUT2D eigenvalue weighted by Gasteiger charge is 2.27. The van der Waals surface area contributed by atoms with E-state index in [4.69, 9.17) is 9.26 Å². The molecule has 1 atom stereocenters. The lowest BCUT2D eigenvalue weighted by Gasteiger charge is -2.17. The largest absolute Gasteiger partial charge is 0.454 e. The second kappa shape index (κ2) is 11.0. The zero-order valence-electron chi connectivity index (χ0n) is 17.4. The zero-order chi connectivity index (χ0) is 23.8. The fourth-order valence-corrected chi connectivity index (χ4v) is 4.42. The first-order valence-corrected chi connectivity index (χ1v) is 12.5. The van der Waals surface area contributed by atoms with E-state index in [9.17, 15) is 23.3 Å². The standard InChI is InChI=1S/C20H20N4O7S2/c1-32-12-11-17(23-33(28,29)16-5-3-2-4-6-16)20(25)30-13-18-21-19(22-31-18)14-7-9-15(10-8-14)24(26)27/h2-10,17,23H,11-13H2,1H3. The molecule has 0 aliphatic heterocycles. The number of ether oxygens (including phenoxy) is 1. The normalized spacial score (nSPS) is 12.3. The number of sulfonamides is 1. The van der Waals surface area contributed by atoms with E-state index >= 15 is 0 Å². The Labute approximate surface area is 193 Å². The van der Waals surface area contributed by atoms with E-state index in [2.05, 4.69) is 14.9 Å². The average molecular weight is 493 g/mol. The molecule has 0 fully saturated rings. The van der Waals surface area contributed by atoms with Gasteiger partial charge >= 0.3 is 5.97 Å². The molecule has 11 nitrogen and oxygen atoms in total. The van der Waals surface area contributed by atoms with Crippen molar-refractivity contribution in [3.05, 3.63) is 70.6 Å². The third-order valence-electron chi connectivity index (χ3n) is 4.39. The van der Waals surface area contributed by atoms with E-state index in [1.165, 1.54) is 48.2 Å². The molecular weight excluding hydrogens is 472 g/mol. The summed E-state index contributed by atoms with van der Waals surface area (Å²) in [6.07, 6.45) is 2.07. The fourth-order valence-electron chi connectivity index (χ4n) is 2.71. The molecule has 0 aliphatic carbocycles. The number of nitrogens with zero attached hydrogens (tertiary/aromatic N) is 3. The molecular formula is C20H20N4O7S2. The molecule has 0 saturated carbocycles. The van der Waals surface area contributed by atoms with Gasteiger partial charge in [0.25, 0.3) is 11.6 Å². The van der Waals surface area contributed by atoms with Gasteiger partial charge in [0.2, 0.25) is 15.8 Å². The molecule has 3 aromatic rings. The topological polar surface area (TPSA) is 155 Å². The third-order valence-corrected chi connectivity index (χ3v) is 6.52. The summed E-state index contributed by atoms with van der Waals surface area (Å²) in [6, 6.07) is 12.2. The van der Waals surface area contributed by atoms with Gasteiger partial charge in [-0.1, -0.05) is 23.4 Å². The van der Waals surface area contributed by atoms with Crippen LogP contribution in [0.2, 0.25) is 0 Å². The minimum atomic E-state index is -3.92. The summed E-state index contributed by atoms with van der Waals surface area (Å²) >= 11 is 1.46. The number of hydrogen-bond donors (Lipinski definition) is 1. The Morgan fingerprint density at radius 3 is 2.55 bits per heavy atom. The lowest BCUT2D eigenvalue weighted by Crippen LogP contribution is -2.42. The predicted octanol–water partition coefficient (Wildman–Crippen LogP) is 2.79. The molecule has 1 unspecified atom stereocenters. The Morgan fingerprint density at radius 2 is 1.91 bits per heavy atom. The van der Waals surface area contributed by atoms with E-state index in [1.54, 1.807) is 18.2 Å². The van der Waals surface area contributed by atoms with Crippen LogP contribution in [-0.2, 0) is 26.2 Å². The van der Waals surface area contributed by atoms with Crippen LogP contribution < -0.4 is 4.72 Å². The predicted molar refractivity (Wildman–Crippen MR) is 120 cm³/mol. The van der Waals surface area contributed by atoms with Crippen molar-refractivity contribution in [1.29, 1.82) is 0 Å². The highest BCUT2D eigenvalue weighted by Crippen LogP contribution is 2.20. The van der Waals surface area contributed by atoms with Crippen LogP contribution in [0.3, 0.4) is 0 Å². The molecule has 0 amide bonds. The second-order valence-corrected chi connectivity index (χ2v) is 9.39. The molecule has 174 valence electrons. The monoisotopic (exact) mass is 492 g/mol. The number of nitro benzene ring substituents is 1. The number of nitrogens with one attached hydrogen (secondary N) is 1. The molecule has 3 rings (SSSR count). The maximum atomic E-state index is 12.6. The number of non-ortho nitro benzene ring substituents is 1. The third kappa shape index (κ3) is 6.60. The SMILES string of the molecule is CSCCC(NS(=O)(=O)c1ccccc1)C(=O)OCc1nc(-c2ccc([N+](=O)[O-])cc2)no1. The van der Waals surface area contributed by atoms with Crippen LogP contribution in [0.1, 0.15) is 12.3 Å². The first-order chi connectivity index (χ1) is 15.8. The summed E-state index contributed by atoms with van der Waals surface area (Å²) in [5.74, 6) is -0.0911. The van der Waals surface area contributed by atoms with Gasteiger partial charge in [-0.25, -0.2) is 8.42 Å². The Balaban J connectivity index is 1.65. The van der Waals surface area contributed by atoms with Crippen LogP contribution in [0.5, 0.6) is 0 Å². The van der Waals surface area contributed by atoms with Crippen LogP contribution in [0.4, 0.5) is 5.69 Å². The van der Waals surface area contributed by atoms with E-state index in [0.717, 1.165) is 0 Å². The summed E-state index contributed by atoms with van der Waals surface area (Å²) in [5, 5.41) is 14.5. The van der Waals surface area contributed by atoms with Crippen molar-refractivity contribution in [2.24, 2.45) is 0 Å². The summed E-state index contributed by atoms with van der Waals surface area (Å²) in [5.41, 5.74) is 0.404. The van der Waals surface area contributed by atoms with Crippen molar-refractivity contribution < 1.29 is 27.4 Å². The van der Waals surface area contributed by atoms with Gasteiger partial charge in [-0.05, 0) is 42.7 Å². The van der Waals surface area contributed by atoms with Crippen molar-refractivity contribution in [3.8, 4) is 11.4 Å². The van der Waals surface area contributed by atoms with Gasteiger partial charge < -0.3 is 9.26 Å². The van der Waals surface area contributed by atoms with Gasteiger partial charge in [0, 0.05) is 17.7 Å². The number of carbonyl (C=O) groups excluding carboxylic acids is 1. The Hall–Kier alpha value is -3.29. The molecule has 0 spiro atoms. The highest BCUT2D eigenvalue weighted by atomic mass is 32.2. The molecule has 2 aromatic carbocycles. The number of carbonyl (C=O) groups is 1. The van der Waals surface area contributed by atoms with E-state index in [1.807, 2.05) is 6.26 Å². The summed E-state index contributed by atoms with van der Waals surface area (Å²) in [7, 11) is -3.92. The smallest absolute Gasteiger partial charge is 0.324 e. The maximum Gasteiger partial charge on any atom is 0.324 e. The molecule has 13 heteroatoms. The van der Waals surface area contributed by atoms with Gasteiger partial charge in [-0.3, -0.25) is 14.9 Å². The number of aromatic nitrogens is 2. The van der Waals surface area contributed by atoms with Crippen molar-refractivity contribution in [3.63, 3.8) is 0 Å². The number of thioether (sulfide) groups is 1. The van der Waals surface area contributed by atoms with Crippen molar-refractivity contribution >= 4 is 33.4 Å². The molecule has 0 bridgehead atoms. The van der Waals surface area contributed by atoms with Crippen molar-refractivity contribution in [2.45, 2.75) is 24.0 Å². The van der Waals surface area contributed by atoms with Gasteiger partial charge in [0.1, 0.15) is 6.04 Å². The van der Waals surface area contributed by atoms with Gasteiger partial charge in [-0.2, -0.15) is 21.5 Å². The fraction of sp³-hybridized carbons (Fsp3) is 0.250. The van der Waals surface area contributed by atoms with Gasteiger partial charge in [-0.15, -0.1) is 0 Å².